The smallest absolute Gasteiger partial charge is 0.379 e. The van der Waals surface area contributed by atoms with Crippen LogP contribution in [0.1, 0.15) is 42.5 Å². The van der Waals surface area contributed by atoms with E-state index in [4.69, 9.17) is 18.6 Å². The molecule has 2 N–H and O–H groups in total. The van der Waals surface area contributed by atoms with Gasteiger partial charge in [-0.15, -0.1) is 10.2 Å². The van der Waals surface area contributed by atoms with Gasteiger partial charge in [0.05, 0.1) is 31.0 Å². The molecule has 3 aromatic heterocycles. The number of ether oxygens (including phenoxy) is 3. The van der Waals surface area contributed by atoms with E-state index < -0.39 is 11.5 Å². The van der Waals surface area contributed by atoms with Gasteiger partial charge in [0.15, 0.2) is 5.76 Å². The molecule has 0 aliphatic rings. The third-order valence-corrected chi connectivity index (χ3v) is 6.08. The lowest BCUT2D eigenvalue weighted by Gasteiger charge is -2.15. The Kier molecular flexibility index (Phi) is 11.4. The minimum Gasteiger partial charge on any atom is -0.484 e. The molecule has 0 aliphatic carbocycles. The fourth-order valence-corrected chi connectivity index (χ4v) is 4.38. The van der Waals surface area contributed by atoms with Gasteiger partial charge in [-0.1, -0.05) is 37.3 Å². The predicted molar refractivity (Wildman–Crippen MR) is 154 cm³/mol. The summed E-state index contributed by atoms with van der Waals surface area (Å²) in [6, 6.07) is 10.00. The number of carbonyl (C=O) groups excluding carboxylic acids is 2. The minimum atomic E-state index is -0.927. The van der Waals surface area contributed by atoms with E-state index in [-0.39, 0.29) is 58.6 Å². The van der Waals surface area contributed by atoms with E-state index in [1.165, 1.54) is 38.1 Å². The number of nitrogens with zero attached hydrogens (tertiary/aromatic N) is 5. The Morgan fingerprint density at radius 3 is 2.60 bits per heavy atom. The molecule has 0 spiro atoms. The molecule has 1 aromatic carbocycles. The molecule has 0 bridgehead atoms. The maximum Gasteiger partial charge on any atom is 0.379 e. The van der Waals surface area contributed by atoms with Crippen LogP contribution in [0, 0.1) is 11.3 Å². The largest absolute Gasteiger partial charge is 0.484 e. The molecule has 42 heavy (non-hydrogen) atoms. The number of carbonyl (C=O) groups is 2. The molecule has 3 heterocycles. The Morgan fingerprint density at radius 1 is 1.12 bits per heavy atom. The Labute approximate surface area is 244 Å². The lowest BCUT2D eigenvalue weighted by molar-refractivity contribution is -0.114. The van der Waals surface area contributed by atoms with E-state index in [0.29, 0.717) is 16.9 Å². The Hall–Kier alpha value is -4.91. The molecule has 4 aromatic rings. The number of methoxy groups -OCH3 is 2. The quantitative estimate of drug-likeness (QED) is 0.241. The molecule has 0 fully saturated rings. The summed E-state index contributed by atoms with van der Waals surface area (Å²) in [4.78, 5) is 37.6. The van der Waals surface area contributed by atoms with Crippen LogP contribution in [0.15, 0.2) is 45.7 Å². The van der Waals surface area contributed by atoms with Crippen LogP contribution in [0.3, 0.4) is 0 Å². The third-order valence-electron chi connectivity index (χ3n) is 5.27. The van der Waals surface area contributed by atoms with Gasteiger partial charge in [0.25, 0.3) is 5.91 Å². The monoisotopic (exact) mass is 595 g/mol. The Bertz CT molecular complexity index is 1640. The number of amides is 2. The second-order valence-corrected chi connectivity index (χ2v) is 8.98. The SMILES string of the molecule is CC.COCCOc1c(-c2c(C#N)cccc2COC)cc(C(=O)Nc2nnc(-n3nccc3NC(C)=O)s2)oc1=O. The van der Waals surface area contributed by atoms with Crippen LogP contribution in [-0.2, 0) is 20.9 Å². The van der Waals surface area contributed by atoms with Crippen LogP contribution in [0.2, 0.25) is 0 Å². The lowest BCUT2D eigenvalue weighted by Crippen LogP contribution is -2.18. The Balaban J connectivity index is 0.00000237. The zero-order valence-corrected chi connectivity index (χ0v) is 24.4. The number of aromatic nitrogens is 4. The minimum absolute atomic E-state index is 0.0234. The van der Waals surface area contributed by atoms with Crippen LogP contribution >= 0.6 is 11.3 Å². The van der Waals surface area contributed by atoms with E-state index >= 15 is 0 Å². The number of rotatable bonds is 11. The molecular weight excluding hydrogens is 566 g/mol. The molecule has 0 saturated heterocycles. The summed E-state index contributed by atoms with van der Waals surface area (Å²) in [5.41, 5.74) is 0.452. The second-order valence-electron chi connectivity index (χ2n) is 8.02. The summed E-state index contributed by atoms with van der Waals surface area (Å²) < 4.78 is 22.6. The molecule has 0 aliphatic heterocycles. The van der Waals surface area contributed by atoms with Gasteiger partial charge in [-0.25, -0.2) is 4.79 Å². The molecule has 4 rings (SSSR count). The van der Waals surface area contributed by atoms with Gasteiger partial charge in [-0.2, -0.15) is 15.0 Å². The first-order valence-corrected chi connectivity index (χ1v) is 13.5. The highest BCUT2D eigenvalue weighted by atomic mass is 32.1. The molecule has 2 amide bonds. The first kappa shape index (κ1) is 31.6. The standard InChI is InChI=1S/C25H23N7O7S.C2H6/c1-14(33)28-19-7-8-27-32(19)25-31-30-24(40-25)29-22(34)18-11-17(21(23(35)39-18)38-10-9-36-2)20-15(12-26)5-4-6-16(20)13-37-3;1-2/h4-8,11H,9-10,13H2,1-3H3,(H,28,33)(H,29,30,34);1-2H3. The highest BCUT2D eigenvalue weighted by Gasteiger charge is 2.24. The molecular formula is C27H29N7O7S. The zero-order chi connectivity index (χ0) is 30.6. The fraction of sp³-hybridized carbons (Fsp3) is 0.296. The van der Waals surface area contributed by atoms with Crippen molar-refractivity contribution in [2.75, 3.05) is 38.1 Å². The lowest BCUT2D eigenvalue weighted by atomic mass is 9.94. The first-order valence-electron chi connectivity index (χ1n) is 12.6. The number of nitrogens with one attached hydrogen (secondary N) is 2. The van der Waals surface area contributed by atoms with Crippen molar-refractivity contribution >= 4 is 34.1 Å². The molecule has 0 radical (unpaired) electrons. The topological polar surface area (TPSA) is 183 Å². The van der Waals surface area contributed by atoms with E-state index in [1.807, 2.05) is 13.8 Å². The number of benzene rings is 1. The second kappa shape index (κ2) is 15.2. The Morgan fingerprint density at radius 2 is 1.90 bits per heavy atom. The van der Waals surface area contributed by atoms with Gasteiger partial charge in [-0.3, -0.25) is 14.9 Å². The van der Waals surface area contributed by atoms with Crippen molar-refractivity contribution < 1.29 is 28.2 Å². The summed E-state index contributed by atoms with van der Waals surface area (Å²) in [5, 5.41) is 27.3. The van der Waals surface area contributed by atoms with E-state index in [9.17, 15) is 19.6 Å². The summed E-state index contributed by atoms with van der Waals surface area (Å²) in [7, 11) is 2.98. The van der Waals surface area contributed by atoms with Gasteiger partial charge in [0, 0.05) is 38.3 Å². The highest BCUT2D eigenvalue weighted by Crippen LogP contribution is 2.34. The van der Waals surface area contributed by atoms with E-state index in [2.05, 4.69) is 32.0 Å². The summed E-state index contributed by atoms with van der Waals surface area (Å²) in [5.74, 6) is -1.27. The number of nitriles is 1. The van der Waals surface area contributed by atoms with Crippen molar-refractivity contribution in [2.24, 2.45) is 0 Å². The van der Waals surface area contributed by atoms with Crippen LogP contribution in [-0.4, -0.2) is 59.2 Å². The third kappa shape index (κ3) is 7.43. The van der Waals surface area contributed by atoms with E-state index in [0.717, 1.165) is 11.3 Å². The molecule has 0 atom stereocenters. The average Bonchev–Trinajstić information content (AvgIpc) is 3.64. The van der Waals surface area contributed by atoms with Crippen molar-refractivity contribution in [3.63, 3.8) is 0 Å². The van der Waals surface area contributed by atoms with Gasteiger partial charge in [0.2, 0.25) is 21.9 Å². The molecule has 0 saturated carbocycles. The van der Waals surface area contributed by atoms with Gasteiger partial charge < -0.3 is 23.9 Å². The number of anilines is 2. The number of hydrogen-bond donors (Lipinski definition) is 2. The molecule has 0 unspecified atom stereocenters. The highest BCUT2D eigenvalue weighted by molar-refractivity contribution is 7.17. The predicted octanol–water partition coefficient (Wildman–Crippen LogP) is 3.62. The summed E-state index contributed by atoms with van der Waals surface area (Å²) in [6.07, 6.45) is 1.47. The van der Waals surface area contributed by atoms with Crippen molar-refractivity contribution in [3.8, 4) is 28.1 Å². The van der Waals surface area contributed by atoms with Crippen molar-refractivity contribution in [1.82, 2.24) is 20.0 Å². The van der Waals surface area contributed by atoms with Gasteiger partial charge in [0.1, 0.15) is 12.4 Å². The van der Waals surface area contributed by atoms with Crippen molar-refractivity contribution in [1.29, 1.82) is 5.26 Å². The average molecular weight is 596 g/mol. The molecule has 14 nitrogen and oxygen atoms in total. The van der Waals surface area contributed by atoms with Crippen LogP contribution in [0.25, 0.3) is 16.3 Å². The van der Waals surface area contributed by atoms with Gasteiger partial charge >= 0.3 is 5.63 Å². The number of hydrogen-bond acceptors (Lipinski definition) is 12. The van der Waals surface area contributed by atoms with Crippen LogP contribution < -0.4 is 21.0 Å². The molecule has 220 valence electrons. The van der Waals surface area contributed by atoms with Crippen LogP contribution in [0.5, 0.6) is 5.75 Å². The molecule has 15 heteroatoms. The zero-order valence-electron chi connectivity index (χ0n) is 23.6. The van der Waals surface area contributed by atoms with Crippen molar-refractivity contribution in [3.05, 3.63) is 63.8 Å². The van der Waals surface area contributed by atoms with Crippen LogP contribution in [0.4, 0.5) is 10.9 Å². The summed E-state index contributed by atoms with van der Waals surface area (Å²) in [6.45, 7) is 5.69. The van der Waals surface area contributed by atoms with Gasteiger partial charge in [-0.05, 0) is 17.7 Å². The van der Waals surface area contributed by atoms with Crippen molar-refractivity contribution in [2.45, 2.75) is 27.4 Å². The maximum atomic E-state index is 13.2. The summed E-state index contributed by atoms with van der Waals surface area (Å²) >= 11 is 0.969. The normalized spacial score (nSPS) is 10.3. The fourth-order valence-electron chi connectivity index (χ4n) is 3.67. The first-order chi connectivity index (χ1) is 20.4. The maximum absolute atomic E-state index is 13.2. The van der Waals surface area contributed by atoms with E-state index in [1.54, 1.807) is 24.3 Å².